The fraction of sp³-hybridized carbons (Fsp3) is 0.227. The molecule has 0 aliphatic heterocycles. The largest absolute Gasteiger partial charge is 0.310 e. The van der Waals surface area contributed by atoms with Crippen molar-refractivity contribution < 1.29 is 9.18 Å². The Labute approximate surface area is 162 Å². The van der Waals surface area contributed by atoms with Crippen LogP contribution in [-0.4, -0.2) is 15.7 Å². The topological polar surface area (TPSA) is 64.0 Å². The van der Waals surface area contributed by atoms with E-state index in [0.29, 0.717) is 29.7 Å². The number of hydrogen-bond donors (Lipinski definition) is 1. The van der Waals surface area contributed by atoms with Crippen molar-refractivity contribution in [2.75, 3.05) is 5.32 Å². The van der Waals surface area contributed by atoms with Gasteiger partial charge in [-0.3, -0.25) is 9.59 Å². The highest BCUT2D eigenvalue weighted by molar-refractivity contribution is 5.94. The van der Waals surface area contributed by atoms with Gasteiger partial charge in [0.1, 0.15) is 17.3 Å². The molecule has 144 valence electrons. The van der Waals surface area contributed by atoms with Crippen molar-refractivity contribution >= 4 is 11.7 Å². The SMILES string of the molecule is CCCC(=O)Nc1c(-c2ccc(C)cc2)c(=O)c(C)nn1-c1ccc(F)cc1. The van der Waals surface area contributed by atoms with Crippen LogP contribution in [-0.2, 0) is 4.79 Å². The molecule has 0 spiro atoms. The molecule has 0 saturated carbocycles. The minimum atomic E-state index is -0.378. The Hall–Kier alpha value is -3.28. The first-order valence-corrected chi connectivity index (χ1v) is 9.17. The fourth-order valence-corrected chi connectivity index (χ4v) is 2.93. The molecule has 1 heterocycles. The summed E-state index contributed by atoms with van der Waals surface area (Å²) in [7, 11) is 0. The van der Waals surface area contributed by atoms with Crippen LogP contribution in [0, 0.1) is 19.7 Å². The van der Waals surface area contributed by atoms with Crippen molar-refractivity contribution in [3.63, 3.8) is 0 Å². The van der Waals surface area contributed by atoms with Crippen molar-refractivity contribution in [2.24, 2.45) is 0 Å². The van der Waals surface area contributed by atoms with Gasteiger partial charge in [0.15, 0.2) is 0 Å². The molecule has 1 aromatic heterocycles. The number of halogens is 1. The molecule has 28 heavy (non-hydrogen) atoms. The molecule has 0 atom stereocenters. The Morgan fingerprint density at radius 1 is 1.07 bits per heavy atom. The first kappa shape index (κ1) is 19.5. The lowest BCUT2D eigenvalue weighted by molar-refractivity contribution is -0.116. The third-order valence-electron chi connectivity index (χ3n) is 4.40. The Kier molecular flexibility index (Phi) is 5.68. The van der Waals surface area contributed by atoms with Crippen molar-refractivity contribution in [3.05, 3.63) is 75.8 Å². The highest BCUT2D eigenvalue weighted by atomic mass is 19.1. The number of amides is 1. The Bertz CT molecular complexity index is 1050. The normalized spacial score (nSPS) is 10.7. The van der Waals surface area contributed by atoms with Gasteiger partial charge in [0.2, 0.25) is 11.3 Å². The number of nitrogens with one attached hydrogen (secondary N) is 1. The summed E-state index contributed by atoms with van der Waals surface area (Å²) in [5.41, 5.74) is 2.68. The summed E-state index contributed by atoms with van der Waals surface area (Å²) in [5.74, 6) is -0.307. The molecule has 0 bridgehead atoms. The molecule has 3 rings (SSSR count). The third-order valence-corrected chi connectivity index (χ3v) is 4.40. The molecule has 0 unspecified atom stereocenters. The second kappa shape index (κ2) is 8.17. The summed E-state index contributed by atoms with van der Waals surface area (Å²) < 4.78 is 14.9. The highest BCUT2D eigenvalue weighted by Gasteiger charge is 2.20. The van der Waals surface area contributed by atoms with Crippen LogP contribution < -0.4 is 10.7 Å². The van der Waals surface area contributed by atoms with Gasteiger partial charge < -0.3 is 5.32 Å². The first-order valence-electron chi connectivity index (χ1n) is 9.17. The molecule has 3 aromatic rings. The quantitative estimate of drug-likeness (QED) is 0.715. The zero-order chi connectivity index (χ0) is 20.3. The van der Waals surface area contributed by atoms with E-state index in [9.17, 15) is 14.0 Å². The summed E-state index contributed by atoms with van der Waals surface area (Å²) in [5, 5.41) is 7.20. The zero-order valence-corrected chi connectivity index (χ0v) is 16.1. The van der Waals surface area contributed by atoms with Crippen LogP contribution in [0.2, 0.25) is 0 Å². The smallest absolute Gasteiger partial charge is 0.225 e. The molecule has 0 aliphatic rings. The number of rotatable bonds is 5. The number of nitrogens with zero attached hydrogens (tertiary/aromatic N) is 2. The number of benzene rings is 2. The average molecular weight is 379 g/mol. The molecule has 0 radical (unpaired) electrons. The van der Waals surface area contributed by atoms with Gasteiger partial charge in [-0.15, -0.1) is 0 Å². The number of aromatic nitrogens is 2. The van der Waals surface area contributed by atoms with E-state index in [1.54, 1.807) is 19.1 Å². The maximum atomic E-state index is 13.4. The average Bonchev–Trinajstić information content (AvgIpc) is 2.67. The summed E-state index contributed by atoms with van der Waals surface area (Å²) >= 11 is 0. The van der Waals surface area contributed by atoms with E-state index in [1.807, 2.05) is 38.1 Å². The van der Waals surface area contributed by atoms with Crippen molar-refractivity contribution in [2.45, 2.75) is 33.6 Å². The molecular formula is C22H22FN3O2. The minimum Gasteiger partial charge on any atom is -0.310 e. The molecule has 2 aromatic carbocycles. The van der Waals surface area contributed by atoms with Crippen molar-refractivity contribution in [1.82, 2.24) is 9.78 Å². The van der Waals surface area contributed by atoms with E-state index < -0.39 is 0 Å². The second-order valence-corrected chi connectivity index (χ2v) is 6.69. The van der Waals surface area contributed by atoms with Gasteiger partial charge in [0, 0.05) is 6.42 Å². The number of aryl methyl sites for hydroxylation is 2. The molecule has 0 aliphatic carbocycles. The second-order valence-electron chi connectivity index (χ2n) is 6.69. The monoisotopic (exact) mass is 379 g/mol. The van der Waals surface area contributed by atoms with Gasteiger partial charge in [0.25, 0.3) is 0 Å². The van der Waals surface area contributed by atoms with Crippen LogP contribution in [0.15, 0.2) is 53.3 Å². The third kappa shape index (κ3) is 4.01. The van der Waals surface area contributed by atoms with E-state index in [2.05, 4.69) is 10.4 Å². The van der Waals surface area contributed by atoms with Crippen LogP contribution in [0.1, 0.15) is 31.0 Å². The standard InChI is InChI=1S/C22H22FN3O2/c1-4-5-19(27)24-22-20(16-8-6-14(2)7-9-16)21(28)15(3)25-26(22)18-12-10-17(23)11-13-18/h6-13H,4-5H2,1-3H3,(H,24,27). The zero-order valence-electron chi connectivity index (χ0n) is 16.1. The van der Waals surface area contributed by atoms with Gasteiger partial charge in [-0.2, -0.15) is 5.10 Å². The van der Waals surface area contributed by atoms with Crippen LogP contribution >= 0.6 is 0 Å². The number of carbonyl (C=O) groups excluding carboxylic acids is 1. The maximum Gasteiger partial charge on any atom is 0.225 e. The lowest BCUT2D eigenvalue weighted by Gasteiger charge is -2.18. The number of anilines is 1. The molecule has 5 nitrogen and oxygen atoms in total. The summed E-state index contributed by atoms with van der Waals surface area (Å²) in [6.07, 6.45) is 0.991. The van der Waals surface area contributed by atoms with Gasteiger partial charge in [-0.05, 0) is 50.1 Å². The van der Waals surface area contributed by atoms with Gasteiger partial charge in [-0.25, -0.2) is 9.07 Å². The molecule has 1 N–H and O–H groups in total. The predicted molar refractivity (Wildman–Crippen MR) is 108 cm³/mol. The Morgan fingerprint density at radius 3 is 2.32 bits per heavy atom. The maximum absolute atomic E-state index is 13.4. The van der Waals surface area contributed by atoms with Crippen molar-refractivity contribution in [3.8, 4) is 16.8 Å². The van der Waals surface area contributed by atoms with E-state index >= 15 is 0 Å². The molecular weight excluding hydrogens is 357 g/mol. The number of carbonyl (C=O) groups is 1. The van der Waals surface area contributed by atoms with E-state index in [-0.39, 0.29) is 28.7 Å². The van der Waals surface area contributed by atoms with Gasteiger partial charge in [-0.1, -0.05) is 36.8 Å². The Morgan fingerprint density at radius 2 is 1.71 bits per heavy atom. The van der Waals surface area contributed by atoms with Gasteiger partial charge in [0.05, 0.1) is 11.3 Å². The molecule has 6 heteroatoms. The van der Waals surface area contributed by atoms with E-state index in [1.165, 1.54) is 16.8 Å². The highest BCUT2D eigenvalue weighted by Crippen LogP contribution is 2.27. The van der Waals surface area contributed by atoms with Crippen LogP contribution in [0.3, 0.4) is 0 Å². The number of hydrogen-bond acceptors (Lipinski definition) is 3. The molecule has 0 saturated heterocycles. The summed E-state index contributed by atoms with van der Waals surface area (Å²) in [4.78, 5) is 25.3. The summed E-state index contributed by atoms with van der Waals surface area (Å²) in [6.45, 7) is 5.49. The van der Waals surface area contributed by atoms with Gasteiger partial charge >= 0.3 is 0 Å². The summed E-state index contributed by atoms with van der Waals surface area (Å²) in [6, 6.07) is 13.2. The Balaban J connectivity index is 2.29. The van der Waals surface area contributed by atoms with Crippen LogP contribution in [0.5, 0.6) is 0 Å². The van der Waals surface area contributed by atoms with E-state index in [0.717, 1.165) is 5.56 Å². The van der Waals surface area contributed by atoms with Crippen LogP contribution in [0.4, 0.5) is 10.2 Å². The predicted octanol–water partition coefficient (Wildman–Crippen LogP) is 4.39. The molecule has 1 amide bonds. The van der Waals surface area contributed by atoms with Crippen LogP contribution in [0.25, 0.3) is 16.8 Å². The van der Waals surface area contributed by atoms with Crippen molar-refractivity contribution in [1.29, 1.82) is 0 Å². The fourth-order valence-electron chi connectivity index (χ4n) is 2.93. The lowest BCUT2D eigenvalue weighted by atomic mass is 10.0. The lowest BCUT2D eigenvalue weighted by Crippen LogP contribution is -2.24. The van der Waals surface area contributed by atoms with E-state index in [4.69, 9.17) is 0 Å². The minimum absolute atomic E-state index is 0.211. The first-order chi connectivity index (χ1) is 13.4. The molecule has 0 fully saturated rings.